The van der Waals surface area contributed by atoms with Crippen molar-refractivity contribution in [3.05, 3.63) is 71.4 Å². The molecule has 7 nitrogen and oxygen atoms in total. The van der Waals surface area contributed by atoms with E-state index in [-0.39, 0.29) is 12.1 Å². The Kier molecular flexibility index (Phi) is 6.65. The number of fused-ring (bicyclic) bond motifs is 1. The molecule has 1 aliphatic rings. The third kappa shape index (κ3) is 5.50. The molecule has 3 N–H and O–H groups in total. The summed E-state index contributed by atoms with van der Waals surface area (Å²) in [5, 5.41) is 26.4. The van der Waals surface area contributed by atoms with Crippen molar-refractivity contribution in [1.29, 1.82) is 5.26 Å². The summed E-state index contributed by atoms with van der Waals surface area (Å²) in [5.41, 5.74) is 3.98. The summed E-state index contributed by atoms with van der Waals surface area (Å²) in [7, 11) is 0. The van der Waals surface area contributed by atoms with Gasteiger partial charge in [0, 0.05) is 18.5 Å². The van der Waals surface area contributed by atoms with Crippen molar-refractivity contribution in [2.75, 3.05) is 10.6 Å². The second-order valence-corrected chi connectivity index (χ2v) is 9.69. The second-order valence-electron chi connectivity index (χ2n) is 8.66. The highest BCUT2D eigenvalue weighted by Crippen LogP contribution is 2.30. The molecule has 0 bridgehead atoms. The van der Waals surface area contributed by atoms with Gasteiger partial charge >= 0.3 is 0 Å². The quantitative estimate of drug-likeness (QED) is 0.341. The summed E-state index contributed by atoms with van der Waals surface area (Å²) in [6, 6.07) is 20.6. The Labute approximate surface area is 202 Å². The summed E-state index contributed by atoms with van der Waals surface area (Å²) in [5.74, 6) is 1.28. The average Bonchev–Trinajstić information content (AvgIpc) is 3.23. The number of nitrogens with one attached hydrogen (secondary N) is 2. The van der Waals surface area contributed by atoms with Crippen molar-refractivity contribution in [2.45, 2.75) is 50.7 Å². The van der Waals surface area contributed by atoms with Crippen LogP contribution in [0.5, 0.6) is 0 Å². The molecule has 2 heterocycles. The number of hydrogen-bond donors (Lipinski definition) is 3. The highest BCUT2D eigenvalue weighted by molar-refractivity contribution is 7.22. The summed E-state index contributed by atoms with van der Waals surface area (Å²) in [6.45, 7) is 0. The molecule has 0 amide bonds. The first-order valence-electron chi connectivity index (χ1n) is 11.5. The molecule has 1 fully saturated rings. The first-order valence-corrected chi connectivity index (χ1v) is 12.4. The Morgan fingerprint density at radius 2 is 1.79 bits per heavy atom. The van der Waals surface area contributed by atoms with Gasteiger partial charge in [0.05, 0.1) is 34.5 Å². The van der Waals surface area contributed by atoms with Crippen molar-refractivity contribution < 1.29 is 5.11 Å². The molecule has 172 valence electrons. The highest BCUT2D eigenvalue weighted by Gasteiger charge is 2.20. The lowest BCUT2D eigenvalue weighted by Crippen LogP contribution is -2.29. The predicted octanol–water partition coefficient (Wildman–Crippen LogP) is 5.20. The fourth-order valence-corrected chi connectivity index (χ4v) is 5.19. The molecule has 5 rings (SSSR count). The van der Waals surface area contributed by atoms with E-state index in [0.29, 0.717) is 24.6 Å². The molecule has 0 aliphatic heterocycles. The van der Waals surface area contributed by atoms with Gasteiger partial charge in [0.2, 0.25) is 5.95 Å². The normalized spacial score (nSPS) is 17.9. The van der Waals surface area contributed by atoms with Gasteiger partial charge in [-0.1, -0.05) is 47.7 Å². The number of aliphatic hydroxyl groups excluding tert-OH is 1. The topological polar surface area (TPSA) is 107 Å². The van der Waals surface area contributed by atoms with Crippen molar-refractivity contribution >= 4 is 38.5 Å². The molecule has 1 aliphatic carbocycles. The van der Waals surface area contributed by atoms with Crippen LogP contribution < -0.4 is 10.6 Å². The number of benzene rings is 2. The number of aliphatic hydroxyl groups is 1. The van der Waals surface area contributed by atoms with Crippen LogP contribution in [0.2, 0.25) is 0 Å². The Balaban J connectivity index is 1.41. The average molecular weight is 471 g/mol. The molecular formula is C26H26N6OS. The van der Waals surface area contributed by atoms with Crippen molar-refractivity contribution in [2.24, 2.45) is 0 Å². The zero-order valence-electron chi connectivity index (χ0n) is 18.7. The van der Waals surface area contributed by atoms with E-state index in [1.165, 1.54) is 5.56 Å². The Morgan fingerprint density at radius 1 is 0.971 bits per heavy atom. The van der Waals surface area contributed by atoms with Crippen LogP contribution in [0, 0.1) is 11.3 Å². The zero-order chi connectivity index (χ0) is 23.3. The maximum Gasteiger partial charge on any atom is 0.225 e. The molecule has 2 aromatic carbocycles. The van der Waals surface area contributed by atoms with Crippen molar-refractivity contribution in [1.82, 2.24) is 15.0 Å². The van der Waals surface area contributed by atoms with E-state index in [0.717, 1.165) is 52.3 Å². The molecule has 0 saturated heterocycles. The minimum absolute atomic E-state index is 0.201. The highest BCUT2D eigenvalue weighted by atomic mass is 32.1. The van der Waals surface area contributed by atoms with E-state index in [9.17, 15) is 5.11 Å². The smallest absolute Gasteiger partial charge is 0.225 e. The lowest BCUT2D eigenvalue weighted by Gasteiger charge is -2.26. The molecule has 8 heteroatoms. The largest absolute Gasteiger partial charge is 0.393 e. The van der Waals surface area contributed by atoms with Gasteiger partial charge in [-0.15, -0.1) is 0 Å². The van der Waals surface area contributed by atoms with Crippen LogP contribution in [0.1, 0.15) is 42.5 Å². The standard InChI is InChI=1S/C26H26N6OS/c27-13-12-18-6-11-22-23(15-18)34-26(30-22)32-24-16-20(14-17-4-2-1-3-5-17)29-25(31-24)28-19-7-9-21(33)10-8-19/h1-6,11,15-16,19,21,33H,7-10,12,14H2,(H2,28,29,30,31,32). The number of nitriles is 1. The van der Waals surface area contributed by atoms with Crippen LogP contribution in [-0.2, 0) is 12.8 Å². The van der Waals surface area contributed by atoms with Gasteiger partial charge in [-0.05, 0) is 48.9 Å². The maximum absolute atomic E-state index is 9.83. The predicted molar refractivity (Wildman–Crippen MR) is 135 cm³/mol. The Bertz CT molecular complexity index is 1310. The van der Waals surface area contributed by atoms with E-state index in [1.807, 2.05) is 42.5 Å². The van der Waals surface area contributed by atoms with Gasteiger partial charge in [-0.2, -0.15) is 10.2 Å². The van der Waals surface area contributed by atoms with Gasteiger partial charge in [0.25, 0.3) is 0 Å². The van der Waals surface area contributed by atoms with E-state index in [1.54, 1.807) is 11.3 Å². The summed E-state index contributed by atoms with van der Waals surface area (Å²) < 4.78 is 1.04. The van der Waals surface area contributed by atoms with Crippen molar-refractivity contribution in [3.8, 4) is 6.07 Å². The van der Waals surface area contributed by atoms with Crippen LogP contribution in [0.15, 0.2) is 54.6 Å². The molecule has 0 spiro atoms. The van der Waals surface area contributed by atoms with Crippen molar-refractivity contribution in [3.63, 3.8) is 0 Å². The lowest BCUT2D eigenvalue weighted by molar-refractivity contribution is 0.126. The van der Waals surface area contributed by atoms with Gasteiger partial charge in [-0.25, -0.2) is 9.97 Å². The van der Waals surface area contributed by atoms with Crippen LogP contribution in [-0.4, -0.2) is 32.2 Å². The minimum Gasteiger partial charge on any atom is -0.393 e. The molecular weight excluding hydrogens is 444 g/mol. The summed E-state index contributed by atoms with van der Waals surface area (Å²) >= 11 is 1.54. The Morgan fingerprint density at radius 3 is 2.59 bits per heavy atom. The number of nitrogens with zero attached hydrogens (tertiary/aromatic N) is 4. The van der Waals surface area contributed by atoms with Crippen LogP contribution in [0.25, 0.3) is 10.2 Å². The van der Waals surface area contributed by atoms with E-state index in [2.05, 4.69) is 28.8 Å². The molecule has 0 radical (unpaired) electrons. The first-order chi connectivity index (χ1) is 16.6. The number of hydrogen-bond acceptors (Lipinski definition) is 8. The monoisotopic (exact) mass is 470 g/mol. The van der Waals surface area contributed by atoms with E-state index < -0.39 is 0 Å². The van der Waals surface area contributed by atoms with Gasteiger partial charge in [0.15, 0.2) is 5.13 Å². The van der Waals surface area contributed by atoms with Gasteiger partial charge in [-0.3, -0.25) is 0 Å². The Hall–Kier alpha value is -3.54. The third-order valence-electron chi connectivity index (χ3n) is 6.01. The van der Waals surface area contributed by atoms with E-state index >= 15 is 0 Å². The van der Waals surface area contributed by atoms with Crippen LogP contribution in [0.3, 0.4) is 0 Å². The second kappa shape index (κ2) is 10.2. The molecule has 2 aromatic heterocycles. The third-order valence-corrected chi connectivity index (χ3v) is 6.94. The number of rotatable bonds is 7. The molecule has 34 heavy (non-hydrogen) atoms. The summed E-state index contributed by atoms with van der Waals surface area (Å²) in [4.78, 5) is 14.2. The molecule has 0 atom stereocenters. The SMILES string of the molecule is N#CCc1ccc2nc(Nc3cc(Cc4ccccc4)nc(NC4CCC(O)CC4)n3)sc2c1. The van der Waals surface area contributed by atoms with Crippen LogP contribution >= 0.6 is 11.3 Å². The molecule has 0 unspecified atom stereocenters. The fourth-order valence-electron chi connectivity index (χ4n) is 4.26. The summed E-state index contributed by atoms with van der Waals surface area (Å²) in [6.07, 6.45) is 4.29. The van der Waals surface area contributed by atoms with Gasteiger partial charge in [0.1, 0.15) is 5.82 Å². The minimum atomic E-state index is -0.201. The number of aromatic nitrogens is 3. The maximum atomic E-state index is 9.83. The zero-order valence-corrected chi connectivity index (χ0v) is 19.6. The lowest BCUT2D eigenvalue weighted by atomic mass is 9.93. The van der Waals surface area contributed by atoms with Crippen LogP contribution in [0.4, 0.5) is 16.9 Å². The fraction of sp³-hybridized carbons (Fsp3) is 0.308. The van der Waals surface area contributed by atoms with E-state index in [4.69, 9.17) is 20.2 Å². The first kappa shape index (κ1) is 22.3. The van der Waals surface area contributed by atoms with Gasteiger partial charge < -0.3 is 15.7 Å². The number of anilines is 3. The number of thiazole rings is 1. The molecule has 1 saturated carbocycles. The molecule has 4 aromatic rings.